The molecule has 0 radical (unpaired) electrons. The highest BCUT2D eigenvalue weighted by Gasteiger charge is 2.12. The second-order valence-electron chi connectivity index (χ2n) is 5.74. The van der Waals surface area contributed by atoms with E-state index in [1.165, 1.54) is 12.1 Å². The molecule has 1 aromatic carbocycles. The summed E-state index contributed by atoms with van der Waals surface area (Å²) < 4.78 is 5.49. The van der Waals surface area contributed by atoms with Crippen molar-refractivity contribution in [3.05, 3.63) is 23.8 Å². The van der Waals surface area contributed by atoms with Crippen molar-refractivity contribution in [3.63, 3.8) is 0 Å². The Kier molecular flexibility index (Phi) is 3.46. The molecule has 5 nitrogen and oxygen atoms in total. The summed E-state index contributed by atoms with van der Waals surface area (Å²) in [4.78, 5) is 15.1. The third-order valence-corrected chi connectivity index (χ3v) is 2.79. The number of rotatable bonds is 4. The van der Waals surface area contributed by atoms with Crippen LogP contribution in [0.25, 0.3) is 11.1 Å². The quantitative estimate of drug-likeness (QED) is 0.883. The fourth-order valence-electron chi connectivity index (χ4n) is 1.68. The van der Waals surface area contributed by atoms with Crippen LogP contribution in [0.2, 0.25) is 0 Å². The summed E-state index contributed by atoms with van der Waals surface area (Å²) in [6, 6.07) is 5.09. The first kappa shape index (κ1) is 13.4. The Morgan fingerprint density at radius 1 is 1.42 bits per heavy atom. The Labute approximate surface area is 111 Å². The van der Waals surface area contributed by atoms with Crippen molar-refractivity contribution >= 4 is 23.1 Å². The zero-order valence-electron chi connectivity index (χ0n) is 11.4. The van der Waals surface area contributed by atoms with Crippen molar-refractivity contribution in [1.29, 1.82) is 0 Å². The zero-order valence-corrected chi connectivity index (χ0v) is 11.4. The van der Waals surface area contributed by atoms with Crippen LogP contribution in [0.5, 0.6) is 0 Å². The highest BCUT2D eigenvalue weighted by molar-refractivity contribution is 5.92. The molecule has 0 saturated carbocycles. The number of benzene rings is 1. The Hall–Kier alpha value is -2.04. The average Bonchev–Trinajstić information content (AvgIpc) is 2.68. The number of carbonyl (C=O) groups is 1. The van der Waals surface area contributed by atoms with Gasteiger partial charge in [-0.1, -0.05) is 20.8 Å². The van der Waals surface area contributed by atoms with Gasteiger partial charge >= 0.3 is 5.97 Å². The van der Waals surface area contributed by atoms with Crippen molar-refractivity contribution in [2.24, 2.45) is 5.41 Å². The van der Waals surface area contributed by atoms with E-state index in [0.717, 1.165) is 13.0 Å². The Bertz CT molecular complexity index is 596. The summed E-state index contributed by atoms with van der Waals surface area (Å²) in [5.41, 5.74) is 1.58. The number of carboxylic acid groups (broad SMARTS) is 1. The van der Waals surface area contributed by atoms with Gasteiger partial charge in [-0.05, 0) is 30.0 Å². The van der Waals surface area contributed by atoms with E-state index in [1.807, 2.05) is 0 Å². The smallest absolute Gasteiger partial charge is 0.335 e. The highest BCUT2D eigenvalue weighted by atomic mass is 16.4. The van der Waals surface area contributed by atoms with Crippen molar-refractivity contribution in [1.82, 2.24) is 4.98 Å². The maximum absolute atomic E-state index is 10.9. The molecule has 0 spiro atoms. The predicted molar refractivity (Wildman–Crippen MR) is 73.5 cm³/mol. The van der Waals surface area contributed by atoms with E-state index in [-0.39, 0.29) is 11.0 Å². The van der Waals surface area contributed by atoms with Crippen LogP contribution in [0.4, 0.5) is 6.01 Å². The monoisotopic (exact) mass is 262 g/mol. The van der Waals surface area contributed by atoms with Crippen LogP contribution in [0.1, 0.15) is 37.6 Å². The minimum absolute atomic E-state index is 0.199. The van der Waals surface area contributed by atoms with Crippen LogP contribution in [0.15, 0.2) is 22.6 Å². The topological polar surface area (TPSA) is 75.4 Å². The minimum Gasteiger partial charge on any atom is -0.478 e. The molecule has 1 heterocycles. The van der Waals surface area contributed by atoms with Crippen molar-refractivity contribution < 1.29 is 14.3 Å². The van der Waals surface area contributed by atoms with Crippen LogP contribution in [-0.2, 0) is 0 Å². The van der Waals surface area contributed by atoms with Gasteiger partial charge in [-0.2, -0.15) is 4.98 Å². The fourth-order valence-corrected chi connectivity index (χ4v) is 1.68. The van der Waals surface area contributed by atoms with E-state index in [4.69, 9.17) is 9.52 Å². The van der Waals surface area contributed by atoms with Crippen LogP contribution in [-0.4, -0.2) is 22.6 Å². The van der Waals surface area contributed by atoms with Crippen molar-refractivity contribution in [3.8, 4) is 0 Å². The molecule has 5 heteroatoms. The molecule has 0 aliphatic heterocycles. The maximum atomic E-state index is 10.9. The van der Waals surface area contributed by atoms with Crippen LogP contribution in [0, 0.1) is 5.41 Å². The number of aromatic nitrogens is 1. The summed E-state index contributed by atoms with van der Waals surface area (Å²) in [5, 5.41) is 12.0. The van der Waals surface area contributed by atoms with Gasteiger partial charge in [-0.3, -0.25) is 0 Å². The van der Waals surface area contributed by atoms with E-state index in [2.05, 4.69) is 31.1 Å². The van der Waals surface area contributed by atoms with Gasteiger partial charge in [0.15, 0.2) is 5.58 Å². The van der Waals surface area contributed by atoms with Gasteiger partial charge in [0.1, 0.15) is 5.52 Å². The van der Waals surface area contributed by atoms with Gasteiger partial charge in [0.05, 0.1) is 5.56 Å². The molecule has 0 saturated heterocycles. The lowest BCUT2D eigenvalue weighted by molar-refractivity contribution is 0.0697. The molecule has 0 unspecified atom stereocenters. The largest absolute Gasteiger partial charge is 0.478 e. The SMILES string of the molecule is CC(C)(C)CCNc1nc2ccc(C(=O)O)cc2o1. The third kappa shape index (κ3) is 3.47. The highest BCUT2D eigenvalue weighted by Crippen LogP contribution is 2.22. The minimum atomic E-state index is -0.972. The number of oxazole rings is 1. The maximum Gasteiger partial charge on any atom is 0.335 e. The molecule has 102 valence electrons. The number of aromatic carboxylic acids is 1. The van der Waals surface area contributed by atoms with Crippen LogP contribution < -0.4 is 5.32 Å². The van der Waals surface area contributed by atoms with E-state index in [9.17, 15) is 4.79 Å². The normalized spacial score (nSPS) is 11.7. The van der Waals surface area contributed by atoms with Crippen LogP contribution in [0.3, 0.4) is 0 Å². The summed E-state index contributed by atoms with van der Waals surface area (Å²) in [5.74, 6) is -0.972. The first-order valence-electron chi connectivity index (χ1n) is 6.23. The second-order valence-corrected chi connectivity index (χ2v) is 5.74. The number of anilines is 1. The summed E-state index contributed by atoms with van der Waals surface area (Å²) in [6.45, 7) is 7.27. The zero-order chi connectivity index (χ0) is 14.0. The number of hydrogen-bond acceptors (Lipinski definition) is 4. The summed E-state index contributed by atoms with van der Waals surface area (Å²) in [6.07, 6.45) is 0.992. The van der Waals surface area contributed by atoms with E-state index in [1.54, 1.807) is 6.07 Å². The van der Waals surface area contributed by atoms with Gasteiger partial charge in [0.2, 0.25) is 0 Å². The Morgan fingerprint density at radius 2 is 2.16 bits per heavy atom. The van der Waals surface area contributed by atoms with E-state index >= 15 is 0 Å². The molecule has 0 amide bonds. The fraction of sp³-hybridized carbons (Fsp3) is 0.429. The van der Waals surface area contributed by atoms with Gasteiger partial charge in [0, 0.05) is 6.54 Å². The van der Waals surface area contributed by atoms with Gasteiger partial charge < -0.3 is 14.8 Å². The van der Waals surface area contributed by atoms with E-state index in [0.29, 0.717) is 17.1 Å². The summed E-state index contributed by atoms with van der Waals surface area (Å²) in [7, 11) is 0. The average molecular weight is 262 g/mol. The molecule has 0 fully saturated rings. The lowest BCUT2D eigenvalue weighted by Crippen LogP contribution is -2.12. The Morgan fingerprint density at radius 3 is 2.79 bits per heavy atom. The molecule has 0 atom stereocenters. The van der Waals surface area contributed by atoms with Gasteiger partial charge in [-0.25, -0.2) is 4.79 Å². The number of hydrogen-bond donors (Lipinski definition) is 2. The molecule has 0 aliphatic rings. The molecule has 2 rings (SSSR count). The number of nitrogens with one attached hydrogen (secondary N) is 1. The van der Waals surface area contributed by atoms with Crippen molar-refractivity contribution in [2.45, 2.75) is 27.2 Å². The molecular formula is C14H18N2O3. The first-order valence-corrected chi connectivity index (χ1v) is 6.23. The molecule has 2 aromatic rings. The van der Waals surface area contributed by atoms with Gasteiger partial charge in [0.25, 0.3) is 6.01 Å². The molecule has 0 bridgehead atoms. The standard InChI is InChI=1S/C14H18N2O3/c1-14(2,3)6-7-15-13-16-10-5-4-9(12(17)18)8-11(10)19-13/h4-5,8H,6-7H2,1-3H3,(H,15,16)(H,17,18). The third-order valence-electron chi connectivity index (χ3n) is 2.79. The molecule has 2 N–H and O–H groups in total. The molecule has 1 aromatic heterocycles. The number of fused-ring (bicyclic) bond motifs is 1. The lowest BCUT2D eigenvalue weighted by Gasteiger charge is -2.17. The lowest BCUT2D eigenvalue weighted by atomic mass is 9.92. The van der Waals surface area contributed by atoms with Gasteiger partial charge in [-0.15, -0.1) is 0 Å². The molecule has 19 heavy (non-hydrogen) atoms. The van der Waals surface area contributed by atoms with E-state index < -0.39 is 5.97 Å². The Balaban J connectivity index is 2.11. The molecular weight excluding hydrogens is 244 g/mol. The first-order chi connectivity index (χ1) is 8.85. The number of carboxylic acids is 1. The van der Waals surface area contributed by atoms with Crippen LogP contribution >= 0.6 is 0 Å². The number of nitrogens with zero attached hydrogens (tertiary/aromatic N) is 1. The molecule has 0 aliphatic carbocycles. The predicted octanol–water partition coefficient (Wildman–Crippen LogP) is 3.37. The second kappa shape index (κ2) is 4.91. The van der Waals surface area contributed by atoms with Crippen molar-refractivity contribution in [2.75, 3.05) is 11.9 Å². The summed E-state index contributed by atoms with van der Waals surface area (Å²) >= 11 is 0.